The molecule has 7 heteroatoms. The summed E-state index contributed by atoms with van der Waals surface area (Å²) in [6.45, 7) is 9.93. The standard InChI is InChI=1S/C18H29N5O2/c1-15-13-16(22-9-11-25-12-10-22)20-17(19-15)23-7-5-21(6-8-23)14-18(24)3-2-4-18/h13,24H,2-12,14H2,1H3. The van der Waals surface area contributed by atoms with E-state index >= 15 is 0 Å². The van der Waals surface area contributed by atoms with Gasteiger partial charge >= 0.3 is 0 Å². The monoisotopic (exact) mass is 347 g/mol. The SMILES string of the molecule is Cc1cc(N2CCOCC2)nc(N2CCN(CC3(O)CCC3)CC2)n1. The van der Waals surface area contributed by atoms with Crippen LogP contribution in [-0.4, -0.2) is 84.6 Å². The zero-order valence-corrected chi connectivity index (χ0v) is 15.2. The summed E-state index contributed by atoms with van der Waals surface area (Å²) in [6.07, 6.45) is 3.08. The van der Waals surface area contributed by atoms with Crippen LogP contribution in [-0.2, 0) is 4.74 Å². The Kier molecular flexibility index (Phi) is 4.80. The van der Waals surface area contributed by atoms with E-state index < -0.39 is 5.60 Å². The zero-order valence-electron chi connectivity index (χ0n) is 15.2. The first-order valence-corrected chi connectivity index (χ1v) is 9.49. The molecule has 2 saturated heterocycles. The number of aliphatic hydroxyl groups is 1. The largest absolute Gasteiger partial charge is 0.389 e. The minimum Gasteiger partial charge on any atom is -0.389 e. The molecule has 25 heavy (non-hydrogen) atoms. The molecule has 4 rings (SSSR count). The van der Waals surface area contributed by atoms with E-state index in [4.69, 9.17) is 9.72 Å². The van der Waals surface area contributed by atoms with E-state index in [0.29, 0.717) is 0 Å². The maximum absolute atomic E-state index is 10.4. The summed E-state index contributed by atoms with van der Waals surface area (Å²) < 4.78 is 5.44. The van der Waals surface area contributed by atoms with E-state index in [2.05, 4.69) is 25.8 Å². The normalized spacial score (nSPS) is 24.2. The second-order valence-corrected chi connectivity index (χ2v) is 7.61. The summed E-state index contributed by atoms with van der Waals surface area (Å²) in [5, 5.41) is 10.4. The first-order chi connectivity index (χ1) is 12.1. The lowest BCUT2D eigenvalue weighted by molar-refractivity contribution is -0.0594. The Hall–Kier alpha value is -1.44. The Bertz CT molecular complexity index is 593. The van der Waals surface area contributed by atoms with Crippen LogP contribution in [0.1, 0.15) is 25.0 Å². The molecule has 138 valence electrons. The fourth-order valence-electron chi connectivity index (χ4n) is 3.90. The van der Waals surface area contributed by atoms with Gasteiger partial charge < -0.3 is 19.6 Å². The first kappa shape index (κ1) is 17.0. The molecule has 0 unspecified atom stereocenters. The highest BCUT2D eigenvalue weighted by atomic mass is 16.5. The van der Waals surface area contributed by atoms with Gasteiger partial charge in [-0.1, -0.05) is 0 Å². The molecular formula is C18H29N5O2. The van der Waals surface area contributed by atoms with Gasteiger partial charge in [-0.2, -0.15) is 4.98 Å². The van der Waals surface area contributed by atoms with Gasteiger partial charge in [0, 0.05) is 57.6 Å². The minimum absolute atomic E-state index is 0.425. The number of morpholine rings is 1. The number of aryl methyl sites for hydroxylation is 1. The molecule has 1 saturated carbocycles. The van der Waals surface area contributed by atoms with Crippen molar-refractivity contribution in [2.45, 2.75) is 31.8 Å². The lowest BCUT2D eigenvalue weighted by Crippen LogP contribution is -2.54. The van der Waals surface area contributed by atoms with Crippen LogP contribution in [0, 0.1) is 6.92 Å². The summed E-state index contributed by atoms with van der Waals surface area (Å²) >= 11 is 0. The van der Waals surface area contributed by atoms with E-state index in [1.165, 1.54) is 0 Å². The number of rotatable bonds is 4. The van der Waals surface area contributed by atoms with Crippen molar-refractivity contribution in [3.05, 3.63) is 11.8 Å². The zero-order chi connectivity index (χ0) is 17.3. The Balaban J connectivity index is 1.39. The summed E-state index contributed by atoms with van der Waals surface area (Å²) in [4.78, 5) is 16.4. The highest BCUT2D eigenvalue weighted by Crippen LogP contribution is 2.32. The lowest BCUT2D eigenvalue weighted by Gasteiger charge is -2.43. The van der Waals surface area contributed by atoms with E-state index in [-0.39, 0.29) is 0 Å². The number of hydrogen-bond donors (Lipinski definition) is 1. The molecular weight excluding hydrogens is 318 g/mol. The van der Waals surface area contributed by atoms with Crippen molar-refractivity contribution in [2.24, 2.45) is 0 Å². The van der Waals surface area contributed by atoms with Crippen LogP contribution in [0.5, 0.6) is 0 Å². The third-order valence-corrected chi connectivity index (χ3v) is 5.62. The van der Waals surface area contributed by atoms with Gasteiger partial charge in [-0.3, -0.25) is 4.90 Å². The van der Waals surface area contributed by atoms with E-state index in [9.17, 15) is 5.11 Å². The van der Waals surface area contributed by atoms with E-state index in [1.54, 1.807) is 0 Å². The molecule has 0 atom stereocenters. The van der Waals surface area contributed by atoms with Crippen molar-refractivity contribution in [3.8, 4) is 0 Å². The number of piperazine rings is 1. The number of hydrogen-bond acceptors (Lipinski definition) is 7. The third-order valence-electron chi connectivity index (χ3n) is 5.62. The Morgan fingerprint density at radius 2 is 1.76 bits per heavy atom. The predicted octanol–water partition coefficient (Wildman–Crippen LogP) is 0.659. The molecule has 0 bridgehead atoms. The molecule has 3 fully saturated rings. The predicted molar refractivity (Wildman–Crippen MR) is 97.3 cm³/mol. The van der Waals surface area contributed by atoms with Crippen molar-refractivity contribution in [3.63, 3.8) is 0 Å². The molecule has 1 aliphatic carbocycles. The van der Waals surface area contributed by atoms with Crippen LogP contribution in [0.4, 0.5) is 11.8 Å². The summed E-state index contributed by atoms with van der Waals surface area (Å²) in [5.74, 6) is 1.85. The number of ether oxygens (including phenoxy) is 1. The van der Waals surface area contributed by atoms with Crippen LogP contribution < -0.4 is 9.80 Å². The molecule has 7 nitrogen and oxygen atoms in total. The van der Waals surface area contributed by atoms with E-state index in [1.807, 2.05) is 6.92 Å². The van der Waals surface area contributed by atoms with Gasteiger partial charge in [0.05, 0.1) is 18.8 Å². The fourth-order valence-corrected chi connectivity index (χ4v) is 3.90. The Morgan fingerprint density at radius 3 is 2.40 bits per heavy atom. The fraction of sp³-hybridized carbons (Fsp3) is 0.778. The average molecular weight is 347 g/mol. The molecule has 0 aromatic carbocycles. The molecule has 0 radical (unpaired) electrons. The molecule has 1 aromatic heterocycles. The summed E-state index contributed by atoms with van der Waals surface area (Å²) in [5.41, 5.74) is 0.587. The van der Waals surface area contributed by atoms with Gasteiger partial charge in [-0.15, -0.1) is 0 Å². The molecule has 1 N–H and O–H groups in total. The molecule has 2 aliphatic heterocycles. The molecule has 3 heterocycles. The number of nitrogens with zero attached hydrogens (tertiary/aromatic N) is 5. The van der Waals surface area contributed by atoms with Crippen molar-refractivity contribution < 1.29 is 9.84 Å². The topological polar surface area (TPSA) is 65.0 Å². The highest BCUT2D eigenvalue weighted by Gasteiger charge is 2.36. The second kappa shape index (κ2) is 7.05. The lowest BCUT2D eigenvalue weighted by atomic mass is 9.80. The minimum atomic E-state index is -0.425. The molecule has 3 aliphatic rings. The van der Waals surface area contributed by atoms with Gasteiger partial charge in [-0.05, 0) is 26.2 Å². The van der Waals surface area contributed by atoms with Crippen LogP contribution in [0.15, 0.2) is 6.07 Å². The van der Waals surface area contributed by atoms with E-state index in [0.717, 1.165) is 95.7 Å². The molecule has 0 amide bonds. The van der Waals surface area contributed by atoms with Crippen molar-refractivity contribution >= 4 is 11.8 Å². The summed E-state index contributed by atoms with van der Waals surface area (Å²) in [6, 6.07) is 2.07. The quantitative estimate of drug-likeness (QED) is 0.858. The summed E-state index contributed by atoms with van der Waals surface area (Å²) in [7, 11) is 0. The van der Waals surface area contributed by atoms with Crippen molar-refractivity contribution in [1.82, 2.24) is 14.9 Å². The molecule has 0 spiro atoms. The van der Waals surface area contributed by atoms with Crippen LogP contribution >= 0.6 is 0 Å². The van der Waals surface area contributed by atoms with Gasteiger partial charge in [0.2, 0.25) is 5.95 Å². The van der Waals surface area contributed by atoms with Crippen LogP contribution in [0.2, 0.25) is 0 Å². The smallest absolute Gasteiger partial charge is 0.227 e. The Morgan fingerprint density at radius 1 is 1.04 bits per heavy atom. The van der Waals surface area contributed by atoms with Crippen LogP contribution in [0.3, 0.4) is 0 Å². The number of anilines is 2. The van der Waals surface area contributed by atoms with Gasteiger partial charge in [0.25, 0.3) is 0 Å². The maximum atomic E-state index is 10.4. The van der Waals surface area contributed by atoms with Gasteiger partial charge in [0.1, 0.15) is 5.82 Å². The van der Waals surface area contributed by atoms with Crippen molar-refractivity contribution in [2.75, 3.05) is 68.8 Å². The number of aromatic nitrogens is 2. The van der Waals surface area contributed by atoms with Gasteiger partial charge in [-0.25, -0.2) is 4.98 Å². The maximum Gasteiger partial charge on any atom is 0.227 e. The molecule has 1 aromatic rings. The first-order valence-electron chi connectivity index (χ1n) is 9.49. The second-order valence-electron chi connectivity index (χ2n) is 7.61. The van der Waals surface area contributed by atoms with Crippen LogP contribution in [0.25, 0.3) is 0 Å². The number of β-amino-alcohol motifs (C(OH)–C–C–N with tert-alkyl or cyclic N) is 1. The third kappa shape index (κ3) is 3.88. The highest BCUT2D eigenvalue weighted by molar-refractivity contribution is 5.46. The van der Waals surface area contributed by atoms with Gasteiger partial charge in [0.15, 0.2) is 0 Å². The average Bonchev–Trinajstić information content (AvgIpc) is 2.61. The van der Waals surface area contributed by atoms with Crippen molar-refractivity contribution in [1.29, 1.82) is 0 Å². The Labute approximate surface area is 149 Å².